The molecule has 0 aromatic carbocycles. The van der Waals surface area contributed by atoms with E-state index >= 15 is 0 Å². The van der Waals surface area contributed by atoms with E-state index in [9.17, 15) is 9.59 Å². The van der Waals surface area contributed by atoms with Crippen molar-refractivity contribution in [2.45, 2.75) is 11.7 Å². The highest BCUT2D eigenvalue weighted by Crippen LogP contribution is 2.18. The van der Waals surface area contributed by atoms with E-state index in [-0.39, 0.29) is 17.6 Å². The monoisotopic (exact) mass is 160 g/mol. The molecule has 1 fully saturated rings. The van der Waals surface area contributed by atoms with Gasteiger partial charge >= 0.3 is 0 Å². The summed E-state index contributed by atoms with van der Waals surface area (Å²) in [6.45, 7) is 0. The minimum Gasteiger partial charge on any atom is -0.370 e. The number of nitrogens with two attached hydrogens (primary N) is 1. The van der Waals surface area contributed by atoms with Crippen LogP contribution in [-0.2, 0) is 9.59 Å². The van der Waals surface area contributed by atoms with Crippen LogP contribution in [0.1, 0.15) is 6.42 Å². The van der Waals surface area contributed by atoms with Crippen LogP contribution >= 0.6 is 11.8 Å². The van der Waals surface area contributed by atoms with E-state index in [1.165, 1.54) is 11.8 Å². The van der Waals surface area contributed by atoms with Gasteiger partial charge in [0.25, 0.3) is 0 Å². The maximum atomic E-state index is 10.8. The molecule has 0 aromatic heterocycles. The quantitative estimate of drug-likeness (QED) is 0.547. The van der Waals surface area contributed by atoms with Crippen molar-refractivity contribution in [3.05, 3.63) is 0 Å². The Morgan fingerprint density at radius 1 is 1.90 bits per heavy atom. The lowest BCUT2D eigenvalue weighted by molar-refractivity contribution is -0.123. The number of carbonyl (C=O) groups excluding carboxylic acids is 2. The summed E-state index contributed by atoms with van der Waals surface area (Å²) in [5.74, 6) is 0.0925. The Balaban J connectivity index is 2.40. The largest absolute Gasteiger partial charge is 0.370 e. The normalized spacial score (nSPS) is 24.4. The molecule has 1 aliphatic heterocycles. The third-order valence-corrected chi connectivity index (χ3v) is 2.30. The molecule has 1 aliphatic rings. The van der Waals surface area contributed by atoms with Crippen LogP contribution in [0.25, 0.3) is 0 Å². The van der Waals surface area contributed by atoms with Gasteiger partial charge < -0.3 is 11.1 Å². The van der Waals surface area contributed by atoms with Crippen molar-refractivity contribution in [1.29, 1.82) is 0 Å². The van der Waals surface area contributed by atoms with Crippen LogP contribution < -0.4 is 11.1 Å². The smallest absolute Gasteiger partial charge is 0.234 e. The highest BCUT2D eigenvalue weighted by Gasteiger charge is 2.25. The summed E-state index contributed by atoms with van der Waals surface area (Å²) < 4.78 is 0. The molecule has 1 saturated heterocycles. The van der Waals surface area contributed by atoms with Gasteiger partial charge in [-0.2, -0.15) is 0 Å². The SMILES string of the molecule is NC(=O)C[C@@H]1SCNC1=O. The number of rotatable bonds is 2. The van der Waals surface area contributed by atoms with Gasteiger partial charge in [-0.3, -0.25) is 9.59 Å². The van der Waals surface area contributed by atoms with Crippen LogP contribution in [0.5, 0.6) is 0 Å². The summed E-state index contributed by atoms with van der Waals surface area (Å²) in [5, 5.41) is 2.34. The molecule has 5 heteroatoms. The fourth-order valence-corrected chi connectivity index (χ4v) is 1.68. The van der Waals surface area contributed by atoms with Crippen LogP contribution in [0.4, 0.5) is 0 Å². The third kappa shape index (κ3) is 1.63. The number of primary amides is 1. The van der Waals surface area contributed by atoms with Crippen LogP contribution in [0.2, 0.25) is 0 Å². The predicted molar refractivity (Wildman–Crippen MR) is 38.2 cm³/mol. The molecule has 0 aliphatic carbocycles. The van der Waals surface area contributed by atoms with Crippen molar-refractivity contribution in [2.75, 3.05) is 5.88 Å². The third-order valence-electron chi connectivity index (χ3n) is 1.21. The van der Waals surface area contributed by atoms with Crippen molar-refractivity contribution in [1.82, 2.24) is 5.32 Å². The summed E-state index contributed by atoms with van der Waals surface area (Å²) in [7, 11) is 0. The second kappa shape index (κ2) is 2.92. The van der Waals surface area contributed by atoms with Crippen molar-refractivity contribution in [3.8, 4) is 0 Å². The van der Waals surface area contributed by atoms with E-state index in [0.717, 1.165) is 0 Å². The standard InChI is InChI=1S/C5H8N2O2S/c6-4(8)1-3-5(9)7-2-10-3/h3H,1-2H2,(H2,6,8)(H,7,9)/t3-/m0/s1. The summed E-state index contributed by atoms with van der Waals surface area (Å²) in [6, 6.07) is 0. The first-order valence-corrected chi connectivity index (χ1v) is 3.92. The summed E-state index contributed by atoms with van der Waals surface area (Å²) in [6.07, 6.45) is 0.149. The molecule has 0 spiro atoms. The van der Waals surface area contributed by atoms with E-state index in [4.69, 9.17) is 5.73 Å². The molecule has 1 atom stereocenters. The molecule has 0 saturated carbocycles. The van der Waals surface area contributed by atoms with E-state index < -0.39 is 5.91 Å². The zero-order chi connectivity index (χ0) is 7.56. The van der Waals surface area contributed by atoms with Gasteiger partial charge in [-0.15, -0.1) is 11.8 Å². The Morgan fingerprint density at radius 3 is 3.00 bits per heavy atom. The van der Waals surface area contributed by atoms with E-state index in [2.05, 4.69) is 5.32 Å². The molecule has 0 bridgehead atoms. The maximum absolute atomic E-state index is 10.8. The van der Waals surface area contributed by atoms with Gasteiger partial charge in [0.2, 0.25) is 11.8 Å². The van der Waals surface area contributed by atoms with E-state index in [1.54, 1.807) is 0 Å². The lowest BCUT2D eigenvalue weighted by atomic mass is 10.3. The summed E-state index contributed by atoms with van der Waals surface area (Å²) in [4.78, 5) is 21.1. The fraction of sp³-hybridized carbons (Fsp3) is 0.600. The molecule has 1 heterocycles. The van der Waals surface area contributed by atoms with Gasteiger partial charge in [0.15, 0.2) is 0 Å². The van der Waals surface area contributed by atoms with Crippen LogP contribution in [0.3, 0.4) is 0 Å². The number of hydrogen-bond donors (Lipinski definition) is 2. The first kappa shape index (κ1) is 7.40. The Kier molecular flexibility index (Phi) is 2.16. The molecule has 0 unspecified atom stereocenters. The van der Waals surface area contributed by atoms with Crippen LogP contribution in [-0.4, -0.2) is 22.9 Å². The maximum Gasteiger partial charge on any atom is 0.234 e. The average molecular weight is 160 g/mol. The molecular weight excluding hydrogens is 152 g/mol. The van der Waals surface area contributed by atoms with E-state index in [0.29, 0.717) is 5.88 Å². The van der Waals surface area contributed by atoms with E-state index in [1.807, 2.05) is 0 Å². The molecule has 10 heavy (non-hydrogen) atoms. The van der Waals surface area contributed by atoms with Gasteiger partial charge in [-0.25, -0.2) is 0 Å². The second-order valence-corrected chi connectivity index (χ2v) is 3.20. The molecule has 56 valence electrons. The van der Waals surface area contributed by atoms with Crippen LogP contribution in [0, 0.1) is 0 Å². The summed E-state index contributed by atoms with van der Waals surface area (Å²) in [5.41, 5.74) is 4.90. The molecule has 0 radical (unpaired) electrons. The second-order valence-electron chi connectivity index (χ2n) is 2.01. The lowest BCUT2D eigenvalue weighted by Crippen LogP contribution is -2.27. The first-order valence-electron chi connectivity index (χ1n) is 2.88. The molecular formula is C5H8N2O2S. The van der Waals surface area contributed by atoms with Gasteiger partial charge in [0, 0.05) is 6.42 Å². The van der Waals surface area contributed by atoms with Gasteiger partial charge in [0.05, 0.1) is 11.1 Å². The Labute approximate surface area is 62.5 Å². The highest BCUT2D eigenvalue weighted by atomic mass is 32.2. The number of hydrogen-bond acceptors (Lipinski definition) is 3. The first-order chi connectivity index (χ1) is 4.70. The number of thioether (sulfide) groups is 1. The van der Waals surface area contributed by atoms with Gasteiger partial charge in [-0.1, -0.05) is 0 Å². The molecule has 0 aromatic rings. The van der Waals surface area contributed by atoms with Crippen molar-refractivity contribution >= 4 is 23.6 Å². The highest BCUT2D eigenvalue weighted by molar-refractivity contribution is 8.01. The zero-order valence-electron chi connectivity index (χ0n) is 5.29. The van der Waals surface area contributed by atoms with Crippen molar-refractivity contribution in [2.24, 2.45) is 5.73 Å². The predicted octanol–water partition coefficient (Wildman–Crippen LogP) is -0.949. The topological polar surface area (TPSA) is 72.2 Å². The molecule has 4 nitrogen and oxygen atoms in total. The Bertz CT molecular complexity index is 171. The Hall–Kier alpha value is -0.710. The minimum atomic E-state index is -0.422. The van der Waals surface area contributed by atoms with Crippen molar-refractivity contribution < 1.29 is 9.59 Å². The Morgan fingerprint density at radius 2 is 2.60 bits per heavy atom. The van der Waals surface area contributed by atoms with Gasteiger partial charge in [-0.05, 0) is 0 Å². The van der Waals surface area contributed by atoms with Crippen LogP contribution in [0.15, 0.2) is 0 Å². The molecule has 1 rings (SSSR count). The fourth-order valence-electron chi connectivity index (χ4n) is 0.737. The minimum absolute atomic E-state index is 0.0798. The average Bonchev–Trinajstić information content (AvgIpc) is 2.15. The number of amides is 2. The molecule has 2 amide bonds. The molecule has 3 N–H and O–H groups in total. The van der Waals surface area contributed by atoms with Gasteiger partial charge in [0.1, 0.15) is 0 Å². The number of nitrogens with one attached hydrogen (secondary N) is 1. The lowest BCUT2D eigenvalue weighted by Gasteiger charge is -1.99. The zero-order valence-corrected chi connectivity index (χ0v) is 6.11. The summed E-state index contributed by atoms with van der Waals surface area (Å²) >= 11 is 1.42. The van der Waals surface area contributed by atoms with Crippen molar-refractivity contribution in [3.63, 3.8) is 0 Å². The number of carbonyl (C=O) groups is 2.